The number of ether oxygens (including phenoxy) is 1. The molecule has 2 aromatic rings. The van der Waals surface area contributed by atoms with Gasteiger partial charge in [0.1, 0.15) is 6.04 Å². The van der Waals surface area contributed by atoms with Crippen LogP contribution in [0.15, 0.2) is 54.6 Å². The number of hydrogen-bond acceptors (Lipinski definition) is 4. The number of hydrogen-bond donors (Lipinski definition) is 1. The van der Waals surface area contributed by atoms with E-state index in [1.165, 1.54) is 5.56 Å². The Balaban J connectivity index is 1.54. The van der Waals surface area contributed by atoms with Crippen LogP contribution in [-0.4, -0.2) is 56.1 Å². The molecule has 5 heteroatoms. The van der Waals surface area contributed by atoms with Gasteiger partial charge in [0, 0.05) is 26.2 Å². The number of likely N-dealkylation sites (N-methyl/N-ethyl adjacent to an activating group) is 1. The van der Waals surface area contributed by atoms with Crippen LogP contribution in [0.5, 0.6) is 0 Å². The van der Waals surface area contributed by atoms with Crippen molar-refractivity contribution in [1.29, 1.82) is 0 Å². The second kappa shape index (κ2) is 9.65. The zero-order valence-electron chi connectivity index (χ0n) is 16.2. The third-order valence-corrected chi connectivity index (χ3v) is 4.88. The molecule has 0 spiro atoms. The first-order valence-corrected chi connectivity index (χ1v) is 9.50. The summed E-state index contributed by atoms with van der Waals surface area (Å²) in [5, 5.41) is 3.07. The fourth-order valence-corrected chi connectivity index (χ4v) is 3.39. The fourth-order valence-electron chi connectivity index (χ4n) is 3.39. The monoisotopic (exact) mass is 367 g/mol. The summed E-state index contributed by atoms with van der Waals surface area (Å²) >= 11 is 0. The normalized spacial score (nSPS) is 16.3. The van der Waals surface area contributed by atoms with Gasteiger partial charge in [0.15, 0.2) is 0 Å². The van der Waals surface area contributed by atoms with E-state index in [1.807, 2.05) is 49.3 Å². The van der Waals surface area contributed by atoms with E-state index in [0.29, 0.717) is 6.54 Å². The van der Waals surface area contributed by atoms with Crippen molar-refractivity contribution in [3.63, 3.8) is 0 Å². The molecule has 0 bridgehead atoms. The summed E-state index contributed by atoms with van der Waals surface area (Å²) in [6, 6.07) is 18.1. The molecule has 5 nitrogen and oxygen atoms in total. The first-order chi connectivity index (χ1) is 13.1. The molecule has 1 heterocycles. The zero-order valence-corrected chi connectivity index (χ0v) is 16.2. The molecule has 0 radical (unpaired) electrons. The lowest BCUT2D eigenvalue weighted by Gasteiger charge is -2.26. The van der Waals surface area contributed by atoms with E-state index < -0.39 is 0 Å². The van der Waals surface area contributed by atoms with E-state index in [0.717, 1.165) is 44.0 Å². The van der Waals surface area contributed by atoms with Gasteiger partial charge in [-0.05, 0) is 30.8 Å². The van der Waals surface area contributed by atoms with Crippen LogP contribution in [0.3, 0.4) is 0 Å². The number of morpholine rings is 1. The van der Waals surface area contributed by atoms with Crippen LogP contribution in [0, 0.1) is 0 Å². The van der Waals surface area contributed by atoms with E-state index in [4.69, 9.17) is 4.74 Å². The van der Waals surface area contributed by atoms with Gasteiger partial charge in [-0.1, -0.05) is 54.6 Å². The number of rotatable bonds is 7. The van der Waals surface area contributed by atoms with E-state index in [9.17, 15) is 4.79 Å². The maximum absolute atomic E-state index is 12.7. The molecular formula is C22H29N3O2. The molecule has 1 fully saturated rings. The van der Waals surface area contributed by atoms with Gasteiger partial charge in [-0.15, -0.1) is 0 Å². The summed E-state index contributed by atoms with van der Waals surface area (Å²) in [4.78, 5) is 17.1. The zero-order chi connectivity index (χ0) is 19.1. The summed E-state index contributed by atoms with van der Waals surface area (Å²) in [6.07, 6.45) is 0. The van der Waals surface area contributed by atoms with Gasteiger partial charge < -0.3 is 10.1 Å². The predicted molar refractivity (Wildman–Crippen MR) is 107 cm³/mol. The molecule has 1 aliphatic heterocycles. The number of carbonyl (C=O) groups is 1. The molecule has 1 N–H and O–H groups in total. The van der Waals surface area contributed by atoms with Gasteiger partial charge in [-0.25, -0.2) is 0 Å². The highest BCUT2D eigenvalue weighted by molar-refractivity contribution is 5.83. The summed E-state index contributed by atoms with van der Waals surface area (Å²) in [7, 11) is 3.86. The number of nitrogens with zero attached hydrogens (tertiary/aromatic N) is 2. The average molecular weight is 367 g/mol. The van der Waals surface area contributed by atoms with Crippen LogP contribution >= 0.6 is 0 Å². The average Bonchev–Trinajstić information content (AvgIpc) is 2.69. The van der Waals surface area contributed by atoms with Gasteiger partial charge in [0.25, 0.3) is 0 Å². The van der Waals surface area contributed by atoms with Crippen molar-refractivity contribution in [1.82, 2.24) is 15.1 Å². The molecule has 3 rings (SSSR count). The highest BCUT2D eigenvalue weighted by Crippen LogP contribution is 2.18. The topological polar surface area (TPSA) is 44.8 Å². The van der Waals surface area contributed by atoms with Crippen molar-refractivity contribution >= 4 is 5.91 Å². The lowest BCUT2D eigenvalue weighted by atomic mass is 10.1. The maximum atomic E-state index is 12.7. The Bertz CT molecular complexity index is 710. The minimum absolute atomic E-state index is 0.0172. The van der Waals surface area contributed by atoms with Crippen molar-refractivity contribution in [2.24, 2.45) is 0 Å². The largest absolute Gasteiger partial charge is 0.379 e. The number of amides is 1. The third-order valence-electron chi connectivity index (χ3n) is 4.88. The Kier molecular flexibility index (Phi) is 6.98. The van der Waals surface area contributed by atoms with E-state index in [1.54, 1.807) is 0 Å². The first kappa shape index (κ1) is 19.5. The van der Waals surface area contributed by atoms with E-state index >= 15 is 0 Å². The minimum Gasteiger partial charge on any atom is -0.379 e. The molecule has 0 unspecified atom stereocenters. The SMILES string of the molecule is CN(C)[C@@H](C(=O)NCc1ccc(CN2CCOCC2)cc1)c1ccccc1. The lowest BCUT2D eigenvalue weighted by molar-refractivity contribution is -0.125. The van der Waals surface area contributed by atoms with Gasteiger partial charge >= 0.3 is 0 Å². The molecule has 144 valence electrons. The minimum atomic E-state index is -0.285. The first-order valence-electron chi connectivity index (χ1n) is 9.50. The van der Waals surface area contributed by atoms with E-state index in [2.05, 4.69) is 34.5 Å². The van der Waals surface area contributed by atoms with Crippen molar-refractivity contribution in [2.45, 2.75) is 19.1 Å². The Morgan fingerprint density at radius 1 is 1.04 bits per heavy atom. The van der Waals surface area contributed by atoms with Crippen LogP contribution in [-0.2, 0) is 22.6 Å². The highest BCUT2D eigenvalue weighted by Gasteiger charge is 2.22. The number of carbonyl (C=O) groups excluding carboxylic acids is 1. The Hall–Kier alpha value is -2.21. The Labute approximate surface area is 161 Å². The summed E-state index contributed by atoms with van der Waals surface area (Å²) in [5.74, 6) is 0.0172. The molecule has 1 atom stereocenters. The number of benzene rings is 2. The molecule has 27 heavy (non-hydrogen) atoms. The summed E-state index contributed by atoms with van der Waals surface area (Å²) in [6.45, 7) is 5.10. The summed E-state index contributed by atoms with van der Waals surface area (Å²) < 4.78 is 5.39. The van der Waals surface area contributed by atoms with Crippen molar-refractivity contribution < 1.29 is 9.53 Å². The molecule has 1 aliphatic rings. The maximum Gasteiger partial charge on any atom is 0.242 e. The molecule has 1 saturated heterocycles. The lowest BCUT2D eigenvalue weighted by Crippen LogP contribution is -2.36. The van der Waals surface area contributed by atoms with Crippen LogP contribution in [0.4, 0.5) is 0 Å². The van der Waals surface area contributed by atoms with Gasteiger partial charge in [-0.3, -0.25) is 14.6 Å². The molecule has 0 aliphatic carbocycles. The van der Waals surface area contributed by atoms with Crippen molar-refractivity contribution in [3.8, 4) is 0 Å². The second-order valence-electron chi connectivity index (χ2n) is 7.20. The summed E-state index contributed by atoms with van der Waals surface area (Å²) in [5.41, 5.74) is 3.41. The van der Waals surface area contributed by atoms with Crippen molar-refractivity contribution in [3.05, 3.63) is 71.3 Å². The van der Waals surface area contributed by atoms with Crippen LogP contribution in [0.1, 0.15) is 22.7 Å². The molecule has 0 saturated carbocycles. The van der Waals surface area contributed by atoms with Gasteiger partial charge in [-0.2, -0.15) is 0 Å². The molecule has 1 amide bonds. The smallest absolute Gasteiger partial charge is 0.242 e. The predicted octanol–water partition coefficient (Wildman–Crippen LogP) is 2.44. The van der Waals surface area contributed by atoms with Crippen LogP contribution in [0.25, 0.3) is 0 Å². The molecule has 0 aromatic heterocycles. The fraction of sp³-hybridized carbons (Fsp3) is 0.409. The van der Waals surface area contributed by atoms with Crippen LogP contribution < -0.4 is 5.32 Å². The van der Waals surface area contributed by atoms with Gasteiger partial charge in [0.2, 0.25) is 5.91 Å². The standard InChI is InChI=1S/C22H29N3O2/c1-24(2)21(20-6-4-3-5-7-20)22(26)23-16-18-8-10-19(11-9-18)17-25-12-14-27-15-13-25/h3-11,21H,12-17H2,1-2H3,(H,23,26)/t21-/m1/s1. The van der Waals surface area contributed by atoms with E-state index in [-0.39, 0.29) is 11.9 Å². The number of nitrogens with one attached hydrogen (secondary N) is 1. The molecular weight excluding hydrogens is 338 g/mol. The third kappa shape index (κ3) is 5.63. The Morgan fingerprint density at radius 3 is 2.30 bits per heavy atom. The molecule has 2 aromatic carbocycles. The van der Waals surface area contributed by atoms with Crippen LogP contribution in [0.2, 0.25) is 0 Å². The quantitative estimate of drug-likeness (QED) is 0.816. The van der Waals surface area contributed by atoms with Gasteiger partial charge in [0.05, 0.1) is 13.2 Å². The highest BCUT2D eigenvalue weighted by atomic mass is 16.5. The second-order valence-corrected chi connectivity index (χ2v) is 7.20. The van der Waals surface area contributed by atoms with Crippen molar-refractivity contribution in [2.75, 3.05) is 40.4 Å². The Morgan fingerprint density at radius 2 is 1.67 bits per heavy atom.